The van der Waals surface area contributed by atoms with E-state index in [1.807, 2.05) is 24.3 Å². The average molecular weight is 610 g/mol. The lowest BCUT2D eigenvalue weighted by molar-refractivity contribution is -0.123. The molecule has 0 aromatic heterocycles. The number of carbonyl (C=O) groups excluding carboxylic acids is 2. The molecular weight excluding hydrogens is 586 g/mol. The maximum Gasteiger partial charge on any atom is 0.293 e. The molecule has 10 heteroatoms. The molecule has 38 heavy (non-hydrogen) atoms. The number of ether oxygens (including phenoxy) is 1. The highest BCUT2D eigenvalue weighted by Gasteiger charge is 2.35. The Kier molecular flexibility index (Phi) is 9.55. The molecule has 0 aliphatic carbocycles. The molecule has 0 radical (unpaired) electrons. The Morgan fingerprint density at radius 2 is 1.50 bits per heavy atom. The van der Waals surface area contributed by atoms with E-state index in [-0.39, 0.29) is 18.4 Å². The molecule has 198 valence electrons. The molecule has 4 rings (SSSR count). The van der Waals surface area contributed by atoms with Crippen LogP contribution in [0.5, 0.6) is 5.75 Å². The summed E-state index contributed by atoms with van der Waals surface area (Å²) in [6, 6.07) is 16.0. The summed E-state index contributed by atoms with van der Waals surface area (Å²) in [4.78, 5) is 29.6. The number of amides is 2. The van der Waals surface area contributed by atoms with Crippen LogP contribution in [-0.2, 0) is 17.9 Å². The highest BCUT2D eigenvalue weighted by Crippen LogP contribution is 2.37. The average Bonchev–Trinajstić information content (AvgIpc) is 3.14. The zero-order chi connectivity index (χ0) is 27.4. The second-order valence-electron chi connectivity index (χ2n) is 8.42. The van der Waals surface area contributed by atoms with Crippen LogP contribution in [0.2, 0.25) is 20.1 Å². The second-order valence-corrected chi connectivity index (χ2v) is 11.1. The van der Waals surface area contributed by atoms with Crippen molar-refractivity contribution in [3.63, 3.8) is 0 Å². The predicted octanol–water partition coefficient (Wildman–Crippen LogP) is 8.96. The van der Waals surface area contributed by atoms with E-state index in [0.29, 0.717) is 41.9 Å². The lowest BCUT2D eigenvalue weighted by atomic mass is 10.1. The summed E-state index contributed by atoms with van der Waals surface area (Å²) in [5, 5.41) is 1.54. The SMILES string of the molecule is CCN(CC)c1ccc(/C=C2/SC(=O)N(Cc3ccc(Cl)cc3Cl)C2=O)c(OCc2ccc(Cl)cc2Cl)c1. The van der Waals surface area contributed by atoms with Gasteiger partial charge in [0.05, 0.1) is 11.4 Å². The third-order valence-corrected chi connectivity index (χ3v) is 8.11. The van der Waals surface area contributed by atoms with Crippen molar-refractivity contribution >= 4 is 81.1 Å². The molecule has 1 saturated heterocycles. The smallest absolute Gasteiger partial charge is 0.293 e. The molecule has 0 N–H and O–H groups in total. The van der Waals surface area contributed by atoms with Gasteiger partial charge in [0, 0.05) is 56.1 Å². The van der Waals surface area contributed by atoms with Crippen LogP contribution in [0.1, 0.15) is 30.5 Å². The predicted molar refractivity (Wildman–Crippen MR) is 159 cm³/mol. The molecule has 0 atom stereocenters. The zero-order valence-corrected chi connectivity index (χ0v) is 24.5. The van der Waals surface area contributed by atoms with Crippen LogP contribution in [0.4, 0.5) is 10.5 Å². The van der Waals surface area contributed by atoms with E-state index in [4.69, 9.17) is 51.1 Å². The summed E-state index contributed by atoms with van der Waals surface area (Å²) in [5.74, 6) is 0.165. The van der Waals surface area contributed by atoms with E-state index in [0.717, 1.165) is 36.1 Å². The van der Waals surface area contributed by atoms with Crippen molar-refractivity contribution in [1.29, 1.82) is 0 Å². The van der Waals surface area contributed by atoms with Gasteiger partial charge in [-0.25, -0.2) is 0 Å². The van der Waals surface area contributed by atoms with Crippen molar-refractivity contribution in [1.82, 2.24) is 4.90 Å². The van der Waals surface area contributed by atoms with Gasteiger partial charge in [-0.15, -0.1) is 0 Å². The van der Waals surface area contributed by atoms with Gasteiger partial charge in [-0.3, -0.25) is 14.5 Å². The summed E-state index contributed by atoms with van der Waals surface area (Å²) >= 11 is 25.5. The van der Waals surface area contributed by atoms with Crippen molar-refractivity contribution in [2.24, 2.45) is 0 Å². The Hall–Kier alpha value is -2.35. The molecule has 0 bridgehead atoms. The van der Waals surface area contributed by atoms with Crippen LogP contribution in [-0.4, -0.2) is 29.1 Å². The van der Waals surface area contributed by atoms with Gasteiger partial charge in [0.15, 0.2) is 0 Å². The van der Waals surface area contributed by atoms with Gasteiger partial charge in [-0.1, -0.05) is 58.5 Å². The van der Waals surface area contributed by atoms with Gasteiger partial charge in [0.2, 0.25) is 0 Å². The fourth-order valence-corrected chi connectivity index (χ4v) is 5.71. The molecule has 0 saturated carbocycles. The minimum atomic E-state index is -0.398. The fourth-order valence-electron chi connectivity index (χ4n) is 3.94. The van der Waals surface area contributed by atoms with Crippen molar-refractivity contribution < 1.29 is 14.3 Å². The lowest BCUT2D eigenvalue weighted by Crippen LogP contribution is -2.27. The van der Waals surface area contributed by atoms with Gasteiger partial charge in [-0.2, -0.15) is 0 Å². The number of nitrogens with zero attached hydrogens (tertiary/aromatic N) is 2. The summed E-state index contributed by atoms with van der Waals surface area (Å²) < 4.78 is 6.20. The summed E-state index contributed by atoms with van der Waals surface area (Å²) in [7, 11) is 0. The Morgan fingerprint density at radius 3 is 2.11 bits per heavy atom. The van der Waals surface area contributed by atoms with Gasteiger partial charge < -0.3 is 9.64 Å². The minimum Gasteiger partial charge on any atom is -0.488 e. The summed E-state index contributed by atoms with van der Waals surface area (Å²) in [6.45, 7) is 6.06. The number of anilines is 1. The Morgan fingerprint density at radius 1 is 0.868 bits per heavy atom. The Balaban J connectivity index is 1.63. The molecule has 1 heterocycles. The summed E-state index contributed by atoms with van der Waals surface area (Å²) in [6.07, 6.45) is 1.68. The largest absolute Gasteiger partial charge is 0.488 e. The third kappa shape index (κ3) is 6.61. The number of hydrogen-bond donors (Lipinski definition) is 0. The van der Waals surface area contributed by atoms with Crippen molar-refractivity contribution in [3.8, 4) is 5.75 Å². The van der Waals surface area contributed by atoms with E-state index >= 15 is 0 Å². The van der Waals surface area contributed by atoms with E-state index in [2.05, 4.69) is 18.7 Å². The molecule has 3 aromatic rings. The second kappa shape index (κ2) is 12.7. The fraction of sp³-hybridized carbons (Fsp3) is 0.214. The van der Waals surface area contributed by atoms with Crippen molar-refractivity contribution in [2.45, 2.75) is 27.0 Å². The lowest BCUT2D eigenvalue weighted by Gasteiger charge is -2.22. The first-order valence-corrected chi connectivity index (χ1v) is 14.2. The maximum absolute atomic E-state index is 13.2. The van der Waals surface area contributed by atoms with Crippen molar-refractivity contribution in [3.05, 3.63) is 96.3 Å². The topological polar surface area (TPSA) is 49.9 Å². The van der Waals surface area contributed by atoms with E-state index in [9.17, 15) is 9.59 Å². The molecule has 1 aliphatic heterocycles. The Bertz CT molecular complexity index is 1410. The molecule has 1 fully saturated rings. The molecule has 2 amide bonds. The summed E-state index contributed by atoms with van der Waals surface area (Å²) in [5.41, 5.74) is 3.05. The number of thioether (sulfide) groups is 1. The van der Waals surface area contributed by atoms with Crippen LogP contribution in [0.25, 0.3) is 6.08 Å². The number of benzene rings is 3. The van der Waals surface area contributed by atoms with Crippen LogP contribution >= 0.6 is 58.2 Å². The van der Waals surface area contributed by atoms with Crippen molar-refractivity contribution in [2.75, 3.05) is 18.0 Å². The molecule has 5 nitrogen and oxygen atoms in total. The molecule has 0 unspecified atom stereocenters. The molecular formula is C28H24Cl4N2O3S. The van der Waals surface area contributed by atoms with E-state index in [1.165, 1.54) is 4.90 Å². The van der Waals surface area contributed by atoms with Crippen LogP contribution in [0.15, 0.2) is 59.5 Å². The van der Waals surface area contributed by atoms with Gasteiger partial charge in [-0.05, 0) is 73.6 Å². The normalized spacial score (nSPS) is 14.5. The molecule has 0 spiro atoms. The van der Waals surface area contributed by atoms with Crippen LogP contribution < -0.4 is 9.64 Å². The number of halogens is 4. The quantitative estimate of drug-likeness (QED) is 0.227. The number of imide groups is 1. The van der Waals surface area contributed by atoms with E-state index < -0.39 is 5.91 Å². The number of hydrogen-bond acceptors (Lipinski definition) is 5. The maximum atomic E-state index is 13.2. The Labute approximate surface area is 246 Å². The molecule has 1 aliphatic rings. The number of rotatable bonds is 9. The van der Waals surface area contributed by atoms with Gasteiger partial charge >= 0.3 is 0 Å². The molecule has 3 aromatic carbocycles. The first-order chi connectivity index (χ1) is 18.2. The van der Waals surface area contributed by atoms with Crippen LogP contribution in [0, 0.1) is 0 Å². The highest BCUT2D eigenvalue weighted by molar-refractivity contribution is 8.18. The minimum absolute atomic E-state index is 0.0529. The third-order valence-electron chi connectivity index (χ3n) is 6.03. The first-order valence-electron chi connectivity index (χ1n) is 11.8. The van der Waals surface area contributed by atoms with Crippen LogP contribution in [0.3, 0.4) is 0 Å². The monoisotopic (exact) mass is 608 g/mol. The highest BCUT2D eigenvalue weighted by atomic mass is 35.5. The zero-order valence-electron chi connectivity index (χ0n) is 20.6. The van der Waals surface area contributed by atoms with Gasteiger partial charge in [0.25, 0.3) is 11.1 Å². The first kappa shape index (κ1) is 28.7. The number of carbonyl (C=O) groups is 2. The standard InChI is InChI=1S/C28H24Cl4N2O3S/c1-3-33(4-2)22-10-7-17(25(14-22)37-16-19-6-9-21(30)13-24(19)32)11-26-27(35)34(28(36)38-26)15-18-5-8-20(29)12-23(18)31/h5-14H,3-4,15-16H2,1-2H3/b26-11+. The van der Waals surface area contributed by atoms with E-state index in [1.54, 1.807) is 36.4 Å². The van der Waals surface area contributed by atoms with Gasteiger partial charge in [0.1, 0.15) is 12.4 Å².